The van der Waals surface area contributed by atoms with Crippen molar-refractivity contribution in [2.24, 2.45) is 0 Å². The van der Waals surface area contributed by atoms with Crippen LogP contribution >= 0.6 is 11.3 Å². The van der Waals surface area contributed by atoms with Crippen molar-refractivity contribution >= 4 is 28.4 Å². The standard InChI is InChI=1S/C11H13N3OS/c15-8-9-10(13-4-2-1-3-5-13)12-11-14(9)6-7-16-11/h6-8H,1-5H2. The number of hydrogen-bond donors (Lipinski definition) is 0. The Morgan fingerprint density at radius 2 is 2.12 bits per heavy atom. The first-order valence-corrected chi connectivity index (χ1v) is 6.44. The van der Waals surface area contributed by atoms with Crippen LogP contribution in [0.5, 0.6) is 0 Å². The Morgan fingerprint density at radius 1 is 1.31 bits per heavy atom. The van der Waals surface area contributed by atoms with Gasteiger partial charge < -0.3 is 4.90 Å². The Hall–Kier alpha value is -1.36. The van der Waals surface area contributed by atoms with Crippen LogP contribution in [-0.2, 0) is 0 Å². The summed E-state index contributed by atoms with van der Waals surface area (Å²) in [6.45, 7) is 2.04. The lowest BCUT2D eigenvalue weighted by atomic mass is 10.1. The molecule has 0 amide bonds. The Kier molecular flexibility index (Phi) is 2.40. The van der Waals surface area contributed by atoms with Crippen LogP contribution in [0.4, 0.5) is 5.82 Å². The first-order valence-electron chi connectivity index (χ1n) is 5.56. The molecule has 0 bridgehead atoms. The molecule has 5 heteroatoms. The highest BCUT2D eigenvalue weighted by Crippen LogP contribution is 2.25. The van der Waals surface area contributed by atoms with Crippen molar-refractivity contribution < 1.29 is 4.79 Å². The third-order valence-corrected chi connectivity index (χ3v) is 3.80. The molecule has 3 heterocycles. The van der Waals surface area contributed by atoms with Crippen LogP contribution in [0.3, 0.4) is 0 Å². The number of piperidine rings is 1. The highest BCUT2D eigenvalue weighted by atomic mass is 32.1. The summed E-state index contributed by atoms with van der Waals surface area (Å²) >= 11 is 1.57. The van der Waals surface area contributed by atoms with Gasteiger partial charge in [-0.15, -0.1) is 11.3 Å². The minimum atomic E-state index is 0.693. The van der Waals surface area contributed by atoms with Gasteiger partial charge in [0, 0.05) is 24.7 Å². The second-order valence-electron chi connectivity index (χ2n) is 4.04. The number of rotatable bonds is 2. The molecule has 1 aliphatic rings. The van der Waals surface area contributed by atoms with E-state index in [2.05, 4.69) is 9.88 Å². The van der Waals surface area contributed by atoms with E-state index < -0.39 is 0 Å². The predicted molar refractivity (Wildman–Crippen MR) is 64.5 cm³/mol. The van der Waals surface area contributed by atoms with Gasteiger partial charge >= 0.3 is 0 Å². The van der Waals surface area contributed by atoms with Crippen LogP contribution < -0.4 is 4.90 Å². The zero-order valence-corrected chi connectivity index (χ0v) is 9.74. The van der Waals surface area contributed by atoms with E-state index in [4.69, 9.17) is 0 Å². The molecule has 0 atom stereocenters. The predicted octanol–water partition coefficient (Wildman–Crippen LogP) is 2.20. The number of anilines is 1. The quantitative estimate of drug-likeness (QED) is 0.749. The van der Waals surface area contributed by atoms with Crippen molar-refractivity contribution in [3.63, 3.8) is 0 Å². The molecular weight excluding hydrogens is 222 g/mol. The van der Waals surface area contributed by atoms with Gasteiger partial charge in [0.15, 0.2) is 17.1 Å². The van der Waals surface area contributed by atoms with E-state index in [1.165, 1.54) is 19.3 Å². The maximum Gasteiger partial charge on any atom is 0.196 e. The van der Waals surface area contributed by atoms with Crippen molar-refractivity contribution in [3.8, 4) is 0 Å². The summed E-state index contributed by atoms with van der Waals surface area (Å²) in [6, 6.07) is 0. The highest BCUT2D eigenvalue weighted by Gasteiger charge is 2.19. The molecule has 0 unspecified atom stereocenters. The van der Waals surface area contributed by atoms with E-state index in [0.29, 0.717) is 5.69 Å². The summed E-state index contributed by atoms with van der Waals surface area (Å²) in [4.78, 5) is 18.8. The molecule has 0 spiro atoms. The number of aromatic nitrogens is 2. The monoisotopic (exact) mass is 235 g/mol. The van der Waals surface area contributed by atoms with E-state index in [1.807, 2.05) is 16.0 Å². The number of imidazole rings is 1. The fraction of sp³-hybridized carbons (Fsp3) is 0.455. The summed E-state index contributed by atoms with van der Waals surface area (Å²) < 4.78 is 1.88. The zero-order valence-electron chi connectivity index (χ0n) is 8.93. The van der Waals surface area contributed by atoms with Gasteiger partial charge in [-0.1, -0.05) is 0 Å². The molecule has 0 radical (unpaired) electrons. The van der Waals surface area contributed by atoms with E-state index in [9.17, 15) is 4.79 Å². The van der Waals surface area contributed by atoms with Crippen LogP contribution in [0.1, 0.15) is 29.8 Å². The van der Waals surface area contributed by atoms with Crippen molar-refractivity contribution in [1.29, 1.82) is 0 Å². The lowest BCUT2D eigenvalue weighted by Gasteiger charge is -2.26. The summed E-state index contributed by atoms with van der Waals surface area (Å²) in [5.41, 5.74) is 0.693. The number of carbonyl (C=O) groups excluding carboxylic acids is 1. The van der Waals surface area contributed by atoms with Crippen molar-refractivity contribution in [2.45, 2.75) is 19.3 Å². The van der Waals surface area contributed by atoms with Gasteiger partial charge in [0.25, 0.3) is 0 Å². The van der Waals surface area contributed by atoms with Gasteiger partial charge in [0.05, 0.1) is 0 Å². The Bertz CT molecular complexity index is 510. The third-order valence-electron chi connectivity index (χ3n) is 3.05. The molecule has 4 nitrogen and oxygen atoms in total. The largest absolute Gasteiger partial charge is 0.355 e. The minimum Gasteiger partial charge on any atom is -0.355 e. The van der Waals surface area contributed by atoms with E-state index in [0.717, 1.165) is 30.2 Å². The number of fused-ring (bicyclic) bond motifs is 1. The third kappa shape index (κ3) is 1.43. The van der Waals surface area contributed by atoms with Gasteiger partial charge in [-0.05, 0) is 19.3 Å². The van der Waals surface area contributed by atoms with Crippen LogP contribution in [0.25, 0.3) is 4.96 Å². The number of hydrogen-bond acceptors (Lipinski definition) is 4. The van der Waals surface area contributed by atoms with Gasteiger partial charge in [0.2, 0.25) is 0 Å². The SMILES string of the molecule is O=Cc1c(N2CCCCC2)nc2sccn12. The topological polar surface area (TPSA) is 37.6 Å². The fourth-order valence-electron chi connectivity index (χ4n) is 2.24. The molecule has 1 aliphatic heterocycles. The average Bonchev–Trinajstić information content (AvgIpc) is 2.89. The summed E-state index contributed by atoms with van der Waals surface area (Å²) in [5, 5.41) is 1.95. The van der Waals surface area contributed by atoms with Crippen LogP contribution in [0, 0.1) is 0 Å². The van der Waals surface area contributed by atoms with Gasteiger partial charge in [-0.3, -0.25) is 9.20 Å². The van der Waals surface area contributed by atoms with Crippen LogP contribution in [0.2, 0.25) is 0 Å². The first kappa shape index (κ1) is 9.84. The summed E-state index contributed by atoms with van der Waals surface area (Å²) in [5.74, 6) is 0.863. The van der Waals surface area contributed by atoms with Crippen molar-refractivity contribution in [3.05, 3.63) is 17.3 Å². The molecule has 0 aliphatic carbocycles. The average molecular weight is 235 g/mol. The maximum absolute atomic E-state index is 11.2. The smallest absolute Gasteiger partial charge is 0.196 e. The molecule has 0 N–H and O–H groups in total. The van der Waals surface area contributed by atoms with Gasteiger partial charge in [-0.25, -0.2) is 4.98 Å². The van der Waals surface area contributed by atoms with E-state index in [-0.39, 0.29) is 0 Å². The summed E-state index contributed by atoms with van der Waals surface area (Å²) in [6.07, 6.45) is 6.50. The van der Waals surface area contributed by atoms with Crippen molar-refractivity contribution in [2.75, 3.05) is 18.0 Å². The van der Waals surface area contributed by atoms with Gasteiger partial charge in [-0.2, -0.15) is 0 Å². The Labute approximate surface area is 97.5 Å². The highest BCUT2D eigenvalue weighted by molar-refractivity contribution is 7.15. The molecule has 84 valence electrons. The number of thiazole rings is 1. The molecule has 1 fully saturated rings. The van der Waals surface area contributed by atoms with E-state index >= 15 is 0 Å². The fourth-order valence-corrected chi connectivity index (χ4v) is 2.96. The molecule has 1 saturated heterocycles. The maximum atomic E-state index is 11.2. The molecular formula is C11H13N3OS. The second-order valence-corrected chi connectivity index (χ2v) is 4.91. The summed E-state index contributed by atoms with van der Waals surface area (Å²) in [7, 11) is 0. The van der Waals surface area contributed by atoms with Crippen molar-refractivity contribution in [1.82, 2.24) is 9.38 Å². The normalized spacial score (nSPS) is 16.9. The van der Waals surface area contributed by atoms with E-state index in [1.54, 1.807) is 11.3 Å². The number of carbonyl (C=O) groups is 1. The van der Waals surface area contributed by atoms with Crippen LogP contribution in [-0.4, -0.2) is 28.8 Å². The van der Waals surface area contributed by atoms with Gasteiger partial charge in [0.1, 0.15) is 5.69 Å². The molecule has 2 aromatic rings. The van der Waals surface area contributed by atoms with Crippen LogP contribution in [0.15, 0.2) is 11.6 Å². The molecule has 3 rings (SSSR count). The molecule has 16 heavy (non-hydrogen) atoms. The lowest BCUT2D eigenvalue weighted by Crippen LogP contribution is -2.30. The second kappa shape index (κ2) is 3.90. The lowest BCUT2D eigenvalue weighted by molar-refractivity contribution is 0.111. The molecule has 0 saturated carbocycles. The number of nitrogens with zero attached hydrogens (tertiary/aromatic N) is 3. The molecule has 0 aromatic carbocycles. The number of aldehydes is 1. The Morgan fingerprint density at radius 3 is 2.88 bits per heavy atom. The first-order chi connectivity index (χ1) is 7.90. The minimum absolute atomic E-state index is 0.693. The Balaban J connectivity index is 2.07. The zero-order chi connectivity index (χ0) is 11.0. The molecule has 2 aromatic heterocycles.